The lowest BCUT2D eigenvalue weighted by atomic mass is 10.3. The SMILES string of the molecule is CCC([O])N1CCNCC1S(C)(=O)=O. The van der Waals surface area contributed by atoms with Crippen LogP contribution in [0, 0.1) is 0 Å². The maximum Gasteiger partial charge on any atom is 0.164 e. The largest absolute Gasteiger partial charge is 0.313 e. The molecule has 1 radical (unpaired) electrons. The highest BCUT2D eigenvalue weighted by Gasteiger charge is 2.34. The van der Waals surface area contributed by atoms with Crippen LogP contribution in [-0.2, 0) is 14.9 Å². The monoisotopic (exact) mass is 221 g/mol. The van der Waals surface area contributed by atoms with Crippen LogP contribution in [0.15, 0.2) is 0 Å². The number of sulfone groups is 1. The van der Waals surface area contributed by atoms with Gasteiger partial charge in [-0.2, -0.15) is 0 Å². The van der Waals surface area contributed by atoms with E-state index in [0.717, 1.165) is 0 Å². The molecule has 1 N–H and O–H groups in total. The quantitative estimate of drug-likeness (QED) is 0.693. The lowest BCUT2D eigenvalue weighted by molar-refractivity contribution is -0.0639. The van der Waals surface area contributed by atoms with Crippen molar-refractivity contribution in [3.8, 4) is 0 Å². The molecule has 2 atom stereocenters. The van der Waals surface area contributed by atoms with Crippen LogP contribution in [0.25, 0.3) is 0 Å². The van der Waals surface area contributed by atoms with Gasteiger partial charge in [-0.25, -0.2) is 13.5 Å². The Hall–Kier alpha value is -0.170. The van der Waals surface area contributed by atoms with Crippen LogP contribution in [0.1, 0.15) is 13.3 Å². The summed E-state index contributed by atoms with van der Waals surface area (Å²) in [4.78, 5) is 1.53. The Morgan fingerprint density at radius 3 is 2.71 bits per heavy atom. The summed E-state index contributed by atoms with van der Waals surface area (Å²) in [7, 11) is -3.17. The molecule has 0 saturated carbocycles. The highest BCUT2D eigenvalue weighted by molar-refractivity contribution is 7.91. The summed E-state index contributed by atoms with van der Waals surface area (Å²) in [6.07, 6.45) is 0.711. The van der Waals surface area contributed by atoms with Gasteiger partial charge in [0.2, 0.25) is 0 Å². The molecule has 1 aliphatic rings. The first-order valence-corrected chi connectivity index (χ1v) is 6.73. The van der Waals surface area contributed by atoms with Crippen molar-refractivity contribution in [1.82, 2.24) is 10.2 Å². The van der Waals surface area contributed by atoms with Gasteiger partial charge >= 0.3 is 0 Å². The molecule has 0 aromatic heterocycles. The zero-order valence-electron chi connectivity index (χ0n) is 8.56. The number of hydrogen-bond donors (Lipinski definition) is 1. The van der Waals surface area contributed by atoms with Crippen molar-refractivity contribution in [3.05, 3.63) is 0 Å². The molecule has 0 aromatic rings. The normalized spacial score (nSPS) is 27.5. The van der Waals surface area contributed by atoms with Gasteiger partial charge in [-0.15, -0.1) is 0 Å². The Kier molecular flexibility index (Phi) is 3.88. The molecule has 0 bridgehead atoms. The van der Waals surface area contributed by atoms with E-state index in [9.17, 15) is 13.5 Å². The zero-order chi connectivity index (χ0) is 10.8. The molecule has 1 heterocycles. The van der Waals surface area contributed by atoms with E-state index in [1.807, 2.05) is 0 Å². The molecule has 0 amide bonds. The Morgan fingerprint density at radius 2 is 2.21 bits per heavy atom. The second-order valence-corrected chi connectivity index (χ2v) is 5.79. The topological polar surface area (TPSA) is 69.3 Å². The van der Waals surface area contributed by atoms with E-state index >= 15 is 0 Å². The Morgan fingerprint density at radius 1 is 1.57 bits per heavy atom. The molecule has 1 aliphatic heterocycles. The van der Waals surface area contributed by atoms with Gasteiger partial charge in [0, 0.05) is 25.9 Å². The smallest absolute Gasteiger partial charge is 0.164 e. The predicted octanol–water partition coefficient (Wildman–Crippen LogP) is -0.571. The minimum Gasteiger partial charge on any atom is -0.313 e. The Bertz CT molecular complexity index is 278. The lowest BCUT2D eigenvalue weighted by Gasteiger charge is -2.36. The first kappa shape index (κ1) is 11.9. The standard InChI is InChI=1S/C8H17N2O3S/c1-3-7(11)10-5-4-9-6-8(10)14(2,12)13/h7-9H,3-6H2,1-2H3. The molecular weight excluding hydrogens is 204 g/mol. The molecule has 1 rings (SSSR count). The van der Waals surface area contributed by atoms with E-state index in [2.05, 4.69) is 5.32 Å². The molecule has 5 nitrogen and oxygen atoms in total. The summed E-state index contributed by atoms with van der Waals surface area (Å²) in [6.45, 7) is 3.33. The summed E-state index contributed by atoms with van der Waals surface area (Å²) in [5.41, 5.74) is 0. The van der Waals surface area contributed by atoms with Crippen LogP contribution >= 0.6 is 0 Å². The average molecular weight is 221 g/mol. The second kappa shape index (κ2) is 4.57. The Labute approximate surface area is 85.0 Å². The third-order valence-corrected chi connectivity index (χ3v) is 3.87. The van der Waals surface area contributed by atoms with E-state index in [1.165, 1.54) is 11.2 Å². The van der Waals surface area contributed by atoms with Crippen molar-refractivity contribution in [3.63, 3.8) is 0 Å². The van der Waals surface area contributed by atoms with Crippen molar-refractivity contribution >= 4 is 9.84 Å². The first-order valence-electron chi connectivity index (χ1n) is 4.78. The van der Waals surface area contributed by atoms with Crippen LogP contribution < -0.4 is 5.32 Å². The maximum atomic E-state index is 11.5. The molecule has 14 heavy (non-hydrogen) atoms. The molecule has 0 aromatic carbocycles. The predicted molar refractivity (Wildman–Crippen MR) is 53.0 cm³/mol. The molecular formula is C8H17N2O3S. The average Bonchev–Trinajstić information content (AvgIpc) is 2.15. The molecule has 1 fully saturated rings. The molecule has 0 aliphatic carbocycles. The summed E-state index contributed by atoms with van der Waals surface area (Å²) >= 11 is 0. The number of hydrogen-bond acceptors (Lipinski definition) is 4. The van der Waals surface area contributed by atoms with Crippen LogP contribution in [0.4, 0.5) is 0 Å². The number of piperazine rings is 1. The minimum atomic E-state index is -3.17. The summed E-state index contributed by atoms with van der Waals surface area (Å²) in [5, 5.41) is 13.9. The number of rotatable bonds is 3. The third kappa shape index (κ3) is 2.66. The van der Waals surface area contributed by atoms with E-state index in [4.69, 9.17) is 0 Å². The van der Waals surface area contributed by atoms with Crippen molar-refractivity contribution in [2.24, 2.45) is 0 Å². The van der Waals surface area contributed by atoms with Gasteiger partial charge in [0.05, 0.1) is 0 Å². The fourth-order valence-electron chi connectivity index (χ4n) is 1.66. The molecule has 6 heteroatoms. The minimum absolute atomic E-state index is 0.359. The van der Waals surface area contributed by atoms with Gasteiger partial charge in [0.15, 0.2) is 9.84 Å². The molecule has 83 valence electrons. The molecule has 1 saturated heterocycles. The van der Waals surface area contributed by atoms with Crippen LogP contribution in [0.5, 0.6) is 0 Å². The molecule has 2 unspecified atom stereocenters. The van der Waals surface area contributed by atoms with E-state index in [-0.39, 0.29) is 0 Å². The van der Waals surface area contributed by atoms with Crippen molar-refractivity contribution in [2.45, 2.75) is 24.9 Å². The van der Waals surface area contributed by atoms with E-state index < -0.39 is 21.4 Å². The highest BCUT2D eigenvalue weighted by Crippen LogP contribution is 2.14. The fourth-order valence-corrected chi connectivity index (χ4v) is 2.81. The van der Waals surface area contributed by atoms with Crippen LogP contribution in [0.3, 0.4) is 0 Å². The van der Waals surface area contributed by atoms with E-state index in [0.29, 0.717) is 26.1 Å². The van der Waals surface area contributed by atoms with Gasteiger partial charge in [-0.3, -0.25) is 4.90 Å². The number of nitrogens with one attached hydrogen (secondary N) is 1. The summed E-state index contributed by atoms with van der Waals surface area (Å²) in [5.74, 6) is 0. The van der Waals surface area contributed by atoms with Gasteiger partial charge in [0.25, 0.3) is 0 Å². The summed E-state index contributed by atoms with van der Waals surface area (Å²) < 4.78 is 22.8. The van der Waals surface area contributed by atoms with Crippen molar-refractivity contribution < 1.29 is 13.5 Å². The van der Waals surface area contributed by atoms with Gasteiger partial charge in [0.1, 0.15) is 11.6 Å². The summed E-state index contributed by atoms with van der Waals surface area (Å²) in [6, 6.07) is 0. The number of nitrogens with zero attached hydrogens (tertiary/aromatic N) is 1. The van der Waals surface area contributed by atoms with Gasteiger partial charge in [-0.05, 0) is 6.42 Å². The van der Waals surface area contributed by atoms with Crippen molar-refractivity contribution in [1.29, 1.82) is 0 Å². The Balaban J connectivity index is 2.79. The van der Waals surface area contributed by atoms with Crippen LogP contribution in [0.2, 0.25) is 0 Å². The fraction of sp³-hybridized carbons (Fsp3) is 1.00. The van der Waals surface area contributed by atoms with Crippen molar-refractivity contribution in [2.75, 3.05) is 25.9 Å². The zero-order valence-corrected chi connectivity index (χ0v) is 9.38. The van der Waals surface area contributed by atoms with Gasteiger partial charge < -0.3 is 5.32 Å². The highest BCUT2D eigenvalue weighted by atomic mass is 32.2. The first-order chi connectivity index (χ1) is 6.46. The van der Waals surface area contributed by atoms with Gasteiger partial charge in [-0.1, -0.05) is 6.92 Å². The maximum absolute atomic E-state index is 11.5. The third-order valence-electron chi connectivity index (χ3n) is 2.45. The van der Waals surface area contributed by atoms with E-state index in [1.54, 1.807) is 6.92 Å². The molecule has 0 spiro atoms. The lowest BCUT2D eigenvalue weighted by Crippen LogP contribution is -2.57. The second-order valence-electron chi connectivity index (χ2n) is 3.59. The van der Waals surface area contributed by atoms with Crippen LogP contribution in [-0.4, -0.2) is 50.8 Å².